The first-order valence-corrected chi connectivity index (χ1v) is 10.3. The van der Waals surface area contributed by atoms with Gasteiger partial charge < -0.3 is 15.7 Å². The lowest BCUT2D eigenvalue weighted by atomic mass is 10.2. The van der Waals surface area contributed by atoms with Gasteiger partial charge in [0.05, 0.1) is 5.56 Å². The highest BCUT2D eigenvalue weighted by atomic mass is 32.2. The second-order valence-electron chi connectivity index (χ2n) is 6.79. The zero-order valence-electron chi connectivity index (χ0n) is 16.8. The van der Waals surface area contributed by atoms with Gasteiger partial charge in [0.2, 0.25) is 0 Å². The number of amides is 2. The van der Waals surface area contributed by atoms with Crippen molar-refractivity contribution >= 4 is 23.6 Å². The van der Waals surface area contributed by atoms with Gasteiger partial charge in [-0.2, -0.15) is 0 Å². The van der Waals surface area contributed by atoms with E-state index in [1.165, 1.54) is 41.6 Å². The summed E-state index contributed by atoms with van der Waals surface area (Å²) in [6.45, 7) is 4.65. The van der Waals surface area contributed by atoms with Gasteiger partial charge in [0.15, 0.2) is 0 Å². The van der Waals surface area contributed by atoms with Gasteiger partial charge >= 0.3 is 0 Å². The number of benzene rings is 2. The Hall–Kier alpha value is -3.32. The summed E-state index contributed by atoms with van der Waals surface area (Å²) in [6, 6.07) is 15.6. The summed E-state index contributed by atoms with van der Waals surface area (Å²) in [5, 5.41) is 15.5. The van der Waals surface area contributed by atoms with Crippen LogP contribution in [0, 0.1) is 13.8 Å². The van der Waals surface area contributed by atoms with Crippen LogP contribution in [0.15, 0.2) is 70.7 Å². The van der Waals surface area contributed by atoms with E-state index in [-0.39, 0.29) is 30.7 Å². The van der Waals surface area contributed by atoms with Gasteiger partial charge in [0.1, 0.15) is 10.8 Å². The molecule has 3 rings (SSSR count). The van der Waals surface area contributed by atoms with Crippen LogP contribution in [-0.4, -0.2) is 35.0 Å². The highest BCUT2D eigenvalue weighted by Gasteiger charge is 2.14. The lowest BCUT2D eigenvalue weighted by Crippen LogP contribution is -2.34. The second-order valence-corrected chi connectivity index (χ2v) is 7.82. The highest BCUT2D eigenvalue weighted by molar-refractivity contribution is 7.99. The van der Waals surface area contributed by atoms with Crippen LogP contribution in [0.2, 0.25) is 0 Å². The van der Waals surface area contributed by atoms with Crippen molar-refractivity contribution in [1.29, 1.82) is 0 Å². The highest BCUT2D eigenvalue weighted by Crippen LogP contribution is 2.31. The molecule has 2 aromatic carbocycles. The predicted molar refractivity (Wildman–Crippen MR) is 117 cm³/mol. The van der Waals surface area contributed by atoms with E-state index in [1.54, 1.807) is 18.3 Å². The summed E-state index contributed by atoms with van der Waals surface area (Å²) in [7, 11) is 0. The molecule has 0 aliphatic rings. The van der Waals surface area contributed by atoms with E-state index in [1.807, 2.05) is 26.0 Å². The van der Waals surface area contributed by atoms with Gasteiger partial charge in [0, 0.05) is 29.7 Å². The molecular weight excluding hydrogens is 398 g/mol. The number of hydrogen-bond acceptors (Lipinski definition) is 5. The number of carbonyl (C=O) groups is 2. The third-order valence-electron chi connectivity index (χ3n) is 4.38. The van der Waals surface area contributed by atoms with E-state index < -0.39 is 0 Å². The molecule has 2 amide bonds. The Bertz CT molecular complexity index is 1050. The Labute approximate surface area is 179 Å². The van der Waals surface area contributed by atoms with Gasteiger partial charge in [-0.1, -0.05) is 29.5 Å². The van der Waals surface area contributed by atoms with E-state index in [2.05, 4.69) is 21.7 Å². The smallest absolute Gasteiger partial charge is 0.254 e. The van der Waals surface area contributed by atoms with Crippen LogP contribution in [0.1, 0.15) is 31.8 Å². The zero-order valence-corrected chi connectivity index (χ0v) is 17.6. The van der Waals surface area contributed by atoms with E-state index >= 15 is 0 Å². The number of rotatable bonds is 7. The summed E-state index contributed by atoms with van der Waals surface area (Å²) in [6.07, 6.45) is 1.67. The van der Waals surface area contributed by atoms with Crippen LogP contribution in [0.5, 0.6) is 5.75 Å². The van der Waals surface area contributed by atoms with Crippen LogP contribution in [-0.2, 0) is 0 Å². The first-order chi connectivity index (χ1) is 14.4. The van der Waals surface area contributed by atoms with Crippen molar-refractivity contribution in [2.45, 2.75) is 23.8 Å². The number of aromatic nitrogens is 1. The van der Waals surface area contributed by atoms with Crippen molar-refractivity contribution in [1.82, 2.24) is 15.6 Å². The third kappa shape index (κ3) is 5.61. The molecule has 0 atom stereocenters. The summed E-state index contributed by atoms with van der Waals surface area (Å²) in [5.74, 6) is -0.407. The zero-order chi connectivity index (χ0) is 21.5. The summed E-state index contributed by atoms with van der Waals surface area (Å²) >= 11 is 1.46. The van der Waals surface area contributed by atoms with Crippen molar-refractivity contribution < 1.29 is 14.7 Å². The number of phenolic OH excluding ortho intramolecular Hbond substituents is 1. The van der Waals surface area contributed by atoms with Crippen molar-refractivity contribution in [2.75, 3.05) is 13.1 Å². The molecule has 6 nitrogen and oxygen atoms in total. The number of nitrogens with zero attached hydrogens (tertiary/aromatic N) is 1. The van der Waals surface area contributed by atoms with Crippen LogP contribution >= 0.6 is 11.8 Å². The Kier molecular flexibility index (Phi) is 7.08. The molecule has 1 aromatic heterocycles. The molecule has 0 bridgehead atoms. The van der Waals surface area contributed by atoms with Gasteiger partial charge in [0.25, 0.3) is 11.8 Å². The van der Waals surface area contributed by atoms with Crippen molar-refractivity contribution in [3.05, 3.63) is 83.0 Å². The van der Waals surface area contributed by atoms with Crippen molar-refractivity contribution in [2.24, 2.45) is 0 Å². The number of carbonyl (C=O) groups excluding carboxylic acids is 2. The molecule has 0 saturated heterocycles. The lowest BCUT2D eigenvalue weighted by molar-refractivity contribution is 0.0925. The molecular formula is C23H23N3O3S. The van der Waals surface area contributed by atoms with Crippen LogP contribution in [0.25, 0.3) is 0 Å². The largest absolute Gasteiger partial charge is 0.508 e. The minimum absolute atomic E-state index is 0.102. The number of pyridine rings is 1. The van der Waals surface area contributed by atoms with Crippen LogP contribution in [0.4, 0.5) is 0 Å². The maximum Gasteiger partial charge on any atom is 0.254 e. The molecule has 0 fully saturated rings. The number of phenols is 1. The van der Waals surface area contributed by atoms with E-state index in [0.717, 1.165) is 10.5 Å². The average molecular weight is 422 g/mol. The fourth-order valence-electron chi connectivity index (χ4n) is 2.83. The number of aromatic hydroxyl groups is 1. The average Bonchev–Trinajstić information content (AvgIpc) is 2.74. The van der Waals surface area contributed by atoms with E-state index in [0.29, 0.717) is 16.2 Å². The second kappa shape index (κ2) is 9.93. The molecule has 0 unspecified atom stereocenters. The topological polar surface area (TPSA) is 91.3 Å². The van der Waals surface area contributed by atoms with Gasteiger partial charge in [-0.05, 0) is 61.9 Å². The summed E-state index contributed by atoms with van der Waals surface area (Å²) in [5.41, 5.74) is 3.25. The molecule has 0 aliphatic heterocycles. The monoisotopic (exact) mass is 421 g/mol. The van der Waals surface area contributed by atoms with Gasteiger partial charge in [-0.25, -0.2) is 4.98 Å². The summed E-state index contributed by atoms with van der Waals surface area (Å²) in [4.78, 5) is 30.1. The fourth-order valence-corrected chi connectivity index (χ4v) is 3.77. The Morgan fingerprint density at radius 2 is 1.67 bits per heavy atom. The molecule has 0 spiro atoms. The first kappa shape index (κ1) is 21.4. The standard InChI is InChI=1S/C23H23N3O3S/c1-15-5-10-20(16(2)14-15)30-23-19(4-3-11-26-23)22(29)25-13-12-24-21(28)17-6-8-18(27)9-7-17/h3-11,14,27H,12-13H2,1-2H3,(H,24,28)(H,25,29). The Balaban J connectivity index is 1.56. The number of hydrogen-bond donors (Lipinski definition) is 3. The SMILES string of the molecule is Cc1ccc(Sc2ncccc2C(=O)NCCNC(=O)c2ccc(O)cc2)c(C)c1. The Morgan fingerprint density at radius 3 is 2.37 bits per heavy atom. The molecule has 0 radical (unpaired) electrons. The molecule has 0 aliphatic carbocycles. The quantitative estimate of drug-likeness (QED) is 0.506. The molecule has 30 heavy (non-hydrogen) atoms. The van der Waals surface area contributed by atoms with E-state index in [9.17, 15) is 14.7 Å². The molecule has 154 valence electrons. The minimum atomic E-state index is -0.267. The number of aryl methyl sites for hydroxylation is 2. The van der Waals surface area contributed by atoms with E-state index in [4.69, 9.17) is 0 Å². The molecule has 3 aromatic rings. The normalized spacial score (nSPS) is 10.5. The molecule has 1 heterocycles. The van der Waals surface area contributed by atoms with Gasteiger partial charge in [-0.3, -0.25) is 9.59 Å². The predicted octanol–water partition coefficient (Wildman–Crippen LogP) is 3.72. The maximum absolute atomic E-state index is 12.6. The van der Waals surface area contributed by atoms with Gasteiger partial charge in [-0.15, -0.1) is 0 Å². The fraction of sp³-hybridized carbons (Fsp3) is 0.174. The van der Waals surface area contributed by atoms with Crippen LogP contribution < -0.4 is 10.6 Å². The first-order valence-electron chi connectivity index (χ1n) is 9.49. The Morgan fingerprint density at radius 1 is 0.967 bits per heavy atom. The lowest BCUT2D eigenvalue weighted by Gasteiger charge is -2.11. The molecule has 0 saturated carbocycles. The number of nitrogens with one attached hydrogen (secondary N) is 2. The van der Waals surface area contributed by atoms with Crippen molar-refractivity contribution in [3.8, 4) is 5.75 Å². The van der Waals surface area contributed by atoms with Crippen molar-refractivity contribution in [3.63, 3.8) is 0 Å². The van der Waals surface area contributed by atoms with Crippen LogP contribution in [0.3, 0.4) is 0 Å². The minimum Gasteiger partial charge on any atom is -0.508 e. The maximum atomic E-state index is 12.6. The molecule has 3 N–H and O–H groups in total. The third-order valence-corrected chi connectivity index (χ3v) is 5.58. The molecule has 7 heteroatoms. The summed E-state index contributed by atoms with van der Waals surface area (Å²) < 4.78 is 0.